The van der Waals surface area contributed by atoms with Gasteiger partial charge in [0.05, 0.1) is 6.10 Å². The van der Waals surface area contributed by atoms with E-state index in [9.17, 15) is 9.90 Å². The molecule has 1 aliphatic rings. The van der Waals surface area contributed by atoms with Crippen LogP contribution in [0.2, 0.25) is 0 Å². The summed E-state index contributed by atoms with van der Waals surface area (Å²) in [5.74, 6) is 0.182. The molecular weight excluding hydrogens is 206 g/mol. The summed E-state index contributed by atoms with van der Waals surface area (Å²) in [5, 5.41) is 9.72. The molecular formula is C12H23NO3. The summed E-state index contributed by atoms with van der Waals surface area (Å²) in [6, 6.07) is 0. The van der Waals surface area contributed by atoms with Gasteiger partial charge in [-0.25, -0.2) is 4.79 Å². The van der Waals surface area contributed by atoms with Gasteiger partial charge in [0, 0.05) is 19.0 Å². The normalized spacial score (nSPS) is 26.7. The van der Waals surface area contributed by atoms with E-state index in [1.165, 1.54) is 0 Å². The predicted octanol–water partition coefficient (Wildman–Crippen LogP) is 2.01. The summed E-state index contributed by atoms with van der Waals surface area (Å²) in [7, 11) is 0. The Morgan fingerprint density at radius 3 is 2.62 bits per heavy atom. The monoisotopic (exact) mass is 229 g/mol. The molecule has 0 aromatic heterocycles. The highest BCUT2D eigenvalue weighted by Gasteiger charge is 2.31. The first-order valence-electron chi connectivity index (χ1n) is 5.99. The van der Waals surface area contributed by atoms with Crippen molar-refractivity contribution in [2.24, 2.45) is 5.92 Å². The minimum Gasteiger partial charge on any atom is -0.444 e. The number of nitrogens with zero attached hydrogens (tertiary/aromatic N) is 1. The smallest absolute Gasteiger partial charge is 0.410 e. The fraction of sp³-hybridized carbons (Fsp3) is 0.917. The van der Waals surface area contributed by atoms with E-state index in [0.29, 0.717) is 19.5 Å². The molecule has 1 amide bonds. The van der Waals surface area contributed by atoms with Crippen molar-refractivity contribution in [1.29, 1.82) is 0 Å². The summed E-state index contributed by atoms with van der Waals surface area (Å²) < 4.78 is 5.31. The lowest BCUT2D eigenvalue weighted by Gasteiger charge is -2.36. The minimum atomic E-state index is -0.450. The molecule has 1 heterocycles. The molecule has 94 valence electrons. The van der Waals surface area contributed by atoms with Crippen LogP contribution in [0, 0.1) is 5.92 Å². The standard InChI is InChI=1S/C12H23NO3/c1-5-9-8-13(7-6-10(9)14)11(15)16-12(2,3)4/h9-10,14H,5-8H2,1-4H3/t9-,10-/m0/s1. The van der Waals surface area contributed by atoms with E-state index in [4.69, 9.17) is 4.74 Å². The van der Waals surface area contributed by atoms with Crippen LogP contribution in [0.15, 0.2) is 0 Å². The van der Waals surface area contributed by atoms with Gasteiger partial charge < -0.3 is 14.7 Å². The fourth-order valence-corrected chi connectivity index (χ4v) is 1.91. The molecule has 1 rings (SSSR count). The number of rotatable bonds is 1. The van der Waals surface area contributed by atoms with Crippen molar-refractivity contribution in [3.05, 3.63) is 0 Å². The second-order valence-corrected chi connectivity index (χ2v) is 5.45. The third-order valence-corrected chi connectivity index (χ3v) is 2.87. The van der Waals surface area contributed by atoms with Crippen LogP contribution in [0.1, 0.15) is 40.5 Å². The number of piperidine rings is 1. The van der Waals surface area contributed by atoms with Crippen molar-refractivity contribution < 1.29 is 14.6 Å². The summed E-state index contributed by atoms with van der Waals surface area (Å²) in [5.41, 5.74) is -0.450. The third kappa shape index (κ3) is 3.67. The molecule has 0 bridgehead atoms. The quantitative estimate of drug-likeness (QED) is 0.748. The van der Waals surface area contributed by atoms with E-state index < -0.39 is 5.60 Å². The van der Waals surface area contributed by atoms with E-state index in [1.54, 1.807) is 4.90 Å². The molecule has 2 atom stereocenters. The van der Waals surface area contributed by atoms with Gasteiger partial charge in [-0.2, -0.15) is 0 Å². The summed E-state index contributed by atoms with van der Waals surface area (Å²) >= 11 is 0. The first kappa shape index (κ1) is 13.3. The Bertz CT molecular complexity index is 247. The Morgan fingerprint density at radius 1 is 1.50 bits per heavy atom. The summed E-state index contributed by atoms with van der Waals surface area (Å²) in [6.45, 7) is 8.81. The molecule has 1 N–H and O–H groups in total. The van der Waals surface area contributed by atoms with Crippen molar-refractivity contribution in [2.45, 2.75) is 52.2 Å². The van der Waals surface area contributed by atoms with Crippen molar-refractivity contribution in [2.75, 3.05) is 13.1 Å². The number of likely N-dealkylation sites (tertiary alicyclic amines) is 1. The second kappa shape index (κ2) is 5.04. The first-order chi connectivity index (χ1) is 7.33. The van der Waals surface area contributed by atoms with Crippen LogP contribution in [0.25, 0.3) is 0 Å². The van der Waals surface area contributed by atoms with Gasteiger partial charge in [-0.05, 0) is 33.6 Å². The minimum absolute atomic E-state index is 0.182. The lowest BCUT2D eigenvalue weighted by Crippen LogP contribution is -2.47. The van der Waals surface area contributed by atoms with E-state index in [2.05, 4.69) is 0 Å². The zero-order valence-corrected chi connectivity index (χ0v) is 10.7. The Morgan fingerprint density at radius 2 is 2.12 bits per heavy atom. The molecule has 1 fully saturated rings. The number of aliphatic hydroxyl groups is 1. The average molecular weight is 229 g/mol. The topological polar surface area (TPSA) is 49.8 Å². The SMILES string of the molecule is CC[C@H]1CN(C(=O)OC(C)(C)C)CC[C@@H]1O. The summed E-state index contributed by atoms with van der Waals surface area (Å²) in [4.78, 5) is 13.5. The maximum Gasteiger partial charge on any atom is 0.410 e. The van der Waals surface area contributed by atoms with Gasteiger partial charge in [-0.15, -0.1) is 0 Å². The van der Waals surface area contributed by atoms with Crippen LogP contribution < -0.4 is 0 Å². The van der Waals surface area contributed by atoms with Crippen LogP contribution in [-0.4, -0.2) is 40.9 Å². The molecule has 4 heteroatoms. The van der Waals surface area contributed by atoms with Gasteiger partial charge in [0.15, 0.2) is 0 Å². The Hall–Kier alpha value is -0.770. The van der Waals surface area contributed by atoms with Gasteiger partial charge in [0.1, 0.15) is 5.60 Å². The maximum atomic E-state index is 11.8. The maximum absolute atomic E-state index is 11.8. The van der Waals surface area contributed by atoms with E-state index >= 15 is 0 Å². The van der Waals surface area contributed by atoms with E-state index in [1.807, 2.05) is 27.7 Å². The van der Waals surface area contributed by atoms with Gasteiger partial charge in [-0.3, -0.25) is 0 Å². The fourth-order valence-electron chi connectivity index (χ4n) is 1.91. The van der Waals surface area contributed by atoms with E-state index in [0.717, 1.165) is 6.42 Å². The number of ether oxygens (including phenoxy) is 1. The molecule has 0 saturated carbocycles. The number of carbonyl (C=O) groups excluding carboxylic acids is 1. The molecule has 0 aromatic carbocycles. The Balaban J connectivity index is 2.52. The van der Waals surface area contributed by atoms with Crippen LogP contribution in [0.5, 0.6) is 0 Å². The number of hydrogen-bond donors (Lipinski definition) is 1. The molecule has 1 aliphatic heterocycles. The van der Waals surface area contributed by atoms with Gasteiger partial charge >= 0.3 is 6.09 Å². The number of amides is 1. The zero-order chi connectivity index (χ0) is 12.3. The lowest BCUT2D eigenvalue weighted by atomic mass is 9.93. The average Bonchev–Trinajstić information content (AvgIpc) is 2.15. The van der Waals surface area contributed by atoms with E-state index in [-0.39, 0.29) is 18.1 Å². The van der Waals surface area contributed by atoms with Crippen molar-refractivity contribution >= 4 is 6.09 Å². The molecule has 0 spiro atoms. The van der Waals surface area contributed by atoms with Gasteiger partial charge in [0.2, 0.25) is 0 Å². The van der Waals surface area contributed by atoms with Crippen molar-refractivity contribution in [1.82, 2.24) is 4.90 Å². The van der Waals surface area contributed by atoms with Gasteiger partial charge in [0.25, 0.3) is 0 Å². The highest BCUT2D eigenvalue weighted by molar-refractivity contribution is 5.68. The van der Waals surface area contributed by atoms with Crippen LogP contribution in [-0.2, 0) is 4.74 Å². The Kier molecular flexibility index (Phi) is 4.19. The second-order valence-electron chi connectivity index (χ2n) is 5.45. The molecule has 4 nitrogen and oxygen atoms in total. The molecule has 1 saturated heterocycles. The van der Waals surface area contributed by atoms with Crippen molar-refractivity contribution in [3.63, 3.8) is 0 Å². The van der Waals surface area contributed by atoms with Crippen LogP contribution in [0.4, 0.5) is 4.79 Å². The molecule has 0 radical (unpaired) electrons. The highest BCUT2D eigenvalue weighted by Crippen LogP contribution is 2.21. The largest absolute Gasteiger partial charge is 0.444 e. The number of carbonyl (C=O) groups is 1. The number of aliphatic hydroxyl groups excluding tert-OH is 1. The molecule has 0 aromatic rings. The molecule has 0 aliphatic carbocycles. The van der Waals surface area contributed by atoms with Crippen LogP contribution in [0.3, 0.4) is 0 Å². The zero-order valence-electron chi connectivity index (χ0n) is 10.7. The van der Waals surface area contributed by atoms with Crippen molar-refractivity contribution in [3.8, 4) is 0 Å². The van der Waals surface area contributed by atoms with Crippen LogP contribution >= 0.6 is 0 Å². The van der Waals surface area contributed by atoms with Gasteiger partial charge in [-0.1, -0.05) is 6.92 Å². The number of hydrogen-bond acceptors (Lipinski definition) is 3. The highest BCUT2D eigenvalue weighted by atomic mass is 16.6. The summed E-state index contributed by atoms with van der Waals surface area (Å²) in [6.07, 6.45) is 1.000. The molecule has 0 unspecified atom stereocenters. The lowest BCUT2D eigenvalue weighted by molar-refractivity contribution is -0.00896. The Labute approximate surface area is 97.6 Å². The molecule has 16 heavy (non-hydrogen) atoms. The first-order valence-corrected chi connectivity index (χ1v) is 5.99. The predicted molar refractivity (Wildman–Crippen MR) is 62.2 cm³/mol. The third-order valence-electron chi connectivity index (χ3n) is 2.87.